The summed E-state index contributed by atoms with van der Waals surface area (Å²) >= 11 is 12.0. The van der Waals surface area contributed by atoms with Crippen molar-refractivity contribution < 1.29 is 14.3 Å². The molecule has 1 aromatic rings. The summed E-state index contributed by atoms with van der Waals surface area (Å²) in [6.45, 7) is 4.73. The van der Waals surface area contributed by atoms with Crippen LogP contribution in [0.2, 0.25) is 10.0 Å². The third kappa shape index (κ3) is 4.61. The first-order valence-corrected chi connectivity index (χ1v) is 8.58. The average Bonchev–Trinajstić information content (AvgIpc) is 2.50. The third-order valence-electron chi connectivity index (χ3n) is 4.10. The van der Waals surface area contributed by atoms with E-state index in [0.717, 1.165) is 6.42 Å². The van der Waals surface area contributed by atoms with E-state index < -0.39 is 6.04 Å². The Labute approximate surface area is 146 Å². The van der Waals surface area contributed by atoms with Gasteiger partial charge >= 0.3 is 5.97 Å². The van der Waals surface area contributed by atoms with E-state index in [1.54, 1.807) is 30.0 Å². The van der Waals surface area contributed by atoms with Crippen LogP contribution >= 0.6 is 23.2 Å². The van der Waals surface area contributed by atoms with Gasteiger partial charge in [0, 0.05) is 16.6 Å². The first kappa shape index (κ1) is 18.1. The van der Waals surface area contributed by atoms with Crippen molar-refractivity contribution in [3.05, 3.63) is 33.8 Å². The van der Waals surface area contributed by atoms with Crippen LogP contribution in [0.5, 0.6) is 0 Å². The van der Waals surface area contributed by atoms with E-state index in [-0.39, 0.29) is 18.3 Å². The first-order chi connectivity index (χ1) is 10.9. The van der Waals surface area contributed by atoms with Gasteiger partial charge in [0.05, 0.1) is 13.0 Å². The number of nitrogens with zero attached hydrogens (tertiary/aromatic N) is 1. The zero-order valence-corrected chi connectivity index (χ0v) is 14.9. The molecule has 1 aliphatic heterocycles. The van der Waals surface area contributed by atoms with Crippen molar-refractivity contribution in [3.8, 4) is 0 Å². The monoisotopic (exact) mass is 357 g/mol. The van der Waals surface area contributed by atoms with Gasteiger partial charge < -0.3 is 9.64 Å². The Morgan fingerprint density at radius 2 is 2.09 bits per heavy atom. The molecule has 0 radical (unpaired) electrons. The number of esters is 1. The normalized spacial score (nSPS) is 21.1. The lowest BCUT2D eigenvalue weighted by Gasteiger charge is -2.37. The number of carbonyl (C=O) groups is 2. The maximum absolute atomic E-state index is 12.7. The summed E-state index contributed by atoms with van der Waals surface area (Å²) in [7, 11) is 0. The number of ether oxygens (including phenoxy) is 1. The Morgan fingerprint density at radius 1 is 1.35 bits per heavy atom. The molecule has 1 fully saturated rings. The molecule has 1 heterocycles. The maximum atomic E-state index is 12.7. The summed E-state index contributed by atoms with van der Waals surface area (Å²) in [6, 6.07) is 4.57. The Bertz CT molecular complexity index is 591. The molecule has 1 amide bonds. The molecule has 2 atom stereocenters. The molecule has 6 heteroatoms. The van der Waals surface area contributed by atoms with Crippen LogP contribution in [-0.2, 0) is 20.7 Å². The highest BCUT2D eigenvalue weighted by atomic mass is 35.5. The lowest BCUT2D eigenvalue weighted by molar-refractivity contribution is -0.157. The van der Waals surface area contributed by atoms with E-state index in [9.17, 15) is 9.59 Å². The molecule has 1 aliphatic rings. The van der Waals surface area contributed by atoms with Crippen molar-refractivity contribution in [2.75, 3.05) is 13.2 Å². The molecule has 2 unspecified atom stereocenters. The molecule has 0 bridgehead atoms. The largest absolute Gasteiger partial charge is 0.464 e. The average molecular weight is 358 g/mol. The lowest BCUT2D eigenvalue weighted by atomic mass is 9.92. The highest BCUT2D eigenvalue weighted by molar-refractivity contribution is 6.35. The number of piperidine rings is 1. The van der Waals surface area contributed by atoms with Crippen molar-refractivity contribution in [2.45, 2.75) is 39.2 Å². The Balaban J connectivity index is 2.13. The SMILES string of the molecule is CCOC(=O)C1CC(C)CCN1C(=O)Cc1ccc(Cl)cc1Cl. The van der Waals surface area contributed by atoms with Gasteiger partial charge in [-0.2, -0.15) is 0 Å². The number of carbonyl (C=O) groups excluding carboxylic acids is 2. The van der Waals surface area contributed by atoms with Gasteiger partial charge in [-0.3, -0.25) is 4.79 Å². The minimum absolute atomic E-state index is 0.112. The zero-order valence-electron chi connectivity index (χ0n) is 13.4. The quantitative estimate of drug-likeness (QED) is 0.771. The fraction of sp³-hybridized carbons (Fsp3) is 0.529. The number of amides is 1. The van der Waals surface area contributed by atoms with Gasteiger partial charge in [-0.1, -0.05) is 36.2 Å². The summed E-state index contributed by atoms with van der Waals surface area (Å²) < 4.78 is 5.12. The molecule has 0 N–H and O–H groups in total. The van der Waals surface area contributed by atoms with Crippen LogP contribution in [0.1, 0.15) is 32.3 Å². The minimum Gasteiger partial charge on any atom is -0.464 e. The van der Waals surface area contributed by atoms with Crippen LogP contribution in [0.15, 0.2) is 18.2 Å². The highest BCUT2D eigenvalue weighted by Gasteiger charge is 2.35. The molecule has 0 spiro atoms. The van der Waals surface area contributed by atoms with Crippen molar-refractivity contribution in [2.24, 2.45) is 5.92 Å². The summed E-state index contributed by atoms with van der Waals surface area (Å²) in [5, 5.41) is 0.992. The summed E-state index contributed by atoms with van der Waals surface area (Å²) in [5.41, 5.74) is 0.710. The molecule has 0 aliphatic carbocycles. The predicted octanol–water partition coefficient (Wildman–Crippen LogP) is 3.73. The molecule has 0 saturated carbocycles. The molecule has 2 rings (SSSR count). The second-order valence-corrected chi connectivity index (χ2v) is 6.74. The molecule has 1 aromatic carbocycles. The van der Waals surface area contributed by atoms with Crippen LogP contribution in [0.25, 0.3) is 0 Å². The summed E-state index contributed by atoms with van der Waals surface area (Å²) in [6.07, 6.45) is 1.68. The minimum atomic E-state index is -0.503. The van der Waals surface area contributed by atoms with Crippen LogP contribution < -0.4 is 0 Å². The predicted molar refractivity (Wildman–Crippen MR) is 90.7 cm³/mol. The number of benzene rings is 1. The van der Waals surface area contributed by atoms with Gasteiger partial charge in [0.15, 0.2) is 0 Å². The zero-order chi connectivity index (χ0) is 17.0. The summed E-state index contributed by atoms with van der Waals surface area (Å²) in [5.74, 6) is -0.0404. The van der Waals surface area contributed by atoms with E-state index in [1.165, 1.54) is 0 Å². The van der Waals surface area contributed by atoms with Crippen molar-refractivity contribution in [3.63, 3.8) is 0 Å². The van der Waals surface area contributed by atoms with Gasteiger partial charge in [0.1, 0.15) is 6.04 Å². The fourth-order valence-electron chi connectivity index (χ4n) is 2.83. The molecular weight excluding hydrogens is 337 g/mol. The fourth-order valence-corrected chi connectivity index (χ4v) is 3.31. The number of hydrogen-bond acceptors (Lipinski definition) is 3. The Hall–Kier alpha value is -1.26. The van der Waals surface area contributed by atoms with Gasteiger partial charge in [-0.15, -0.1) is 0 Å². The Kier molecular flexibility index (Phi) is 6.31. The van der Waals surface area contributed by atoms with Gasteiger partial charge in [-0.05, 0) is 43.4 Å². The number of likely N-dealkylation sites (tertiary alicyclic amines) is 1. The number of hydrogen-bond donors (Lipinski definition) is 0. The molecular formula is C17H21Cl2NO3. The smallest absolute Gasteiger partial charge is 0.328 e. The van der Waals surface area contributed by atoms with E-state index in [2.05, 4.69) is 6.92 Å². The van der Waals surface area contributed by atoms with E-state index in [4.69, 9.17) is 27.9 Å². The van der Waals surface area contributed by atoms with Crippen LogP contribution in [0.4, 0.5) is 0 Å². The van der Waals surface area contributed by atoms with Gasteiger partial charge in [0.2, 0.25) is 5.91 Å². The highest BCUT2D eigenvalue weighted by Crippen LogP contribution is 2.26. The maximum Gasteiger partial charge on any atom is 0.328 e. The lowest BCUT2D eigenvalue weighted by Crippen LogP contribution is -2.50. The summed E-state index contributed by atoms with van der Waals surface area (Å²) in [4.78, 5) is 26.4. The van der Waals surface area contributed by atoms with Crippen molar-refractivity contribution in [1.29, 1.82) is 0 Å². The van der Waals surface area contributed by atoms with Crippen molar-refractivity contribution >= 4 is 35.1 Å². The molecule has 0 aromatic heterocycles. The molecule has 4 nitrogen and oxygen atoms in total. The third-order valence-corrected chi connectivity index (χ3v) is 4.69. The Morgan fingerprint density at radius 3 is 2.74 bits per heavy atom. The van der Waals surface area contributed by atoms with E-state index in [1.807, 2.05) is 0 Å². The second kappa shape index (κ2) is 8.02. The van der Waals surface area contributed by atoms with Gasteiger partial charge in [0.25, 0.3) is 0 Å². The second-order valence-electron chi connectivity index (χ2n) is 5.90. The van der Waals surface area contributed by atoms with Crippen LogP contribution in [-0.4, -0.2) is 36.0 Å². The van der Waals surface area contributed by atoms with Crippen molar-refractivity contribution in [1.82, 2.24) is 4.90 Å². The van der Waals surface area contributed by atoms with Gasteiger partial charge in [-0.25, -0.2) is 4.79 Å². The van der Waals surface area contributed by atoms with Crippen LogP contribution in [0, 0.1) is 5.92 Å². The molecule has 1 saturated heterocycles. The van der Waals surface area contributed by atoms with E-state index >= 15 is 0 Å². The molecule has 23 heavy (non-hydrogen) atoms. The number of rotatable bonds is 4. The van der Waals surface area contributed by atoms with E-state index in [0.29, 0.717) is 41.1 Å². The number of halogens is 2. The molecule has 126 valence electrons. The topological polar surface area (TPSA) is 46.6 Å². The standard InChI is InChI=1S/C17H21Cl2NO3/c1-3-23-17(22)15-8-11(2)6-7-20(15)16(21)9-12-4-5-13(18)10-14(12)19/h4-5,10-11,15H,3,6-9H2,1-2H3. The first-order valence-electron chi connectivity index (χ1n) is 7.82. The van der Waals surface area contributed by atoms with Crippen LogP contribution in [0.3, 0.4) is 0 Å².